The minimum absolute atomic E-state index is 0.0128. The fourth-order valence-electron chi connectivity index (χ4n) is 13.0. The Morgan fingerprint density at radius 1 is 0.545 bits per heavy atom. The van der Waals surface area contributed by atoms with E-state index in [4.69, 9.17) is 23.1 Å². The number of halogens is 1. The summed E-state index contributed by atoms with van der Waals surface area (Å²) in [4.78, 5) is 200. The second kappa shape index (κ2) is 41.7. The van der Waals surface area contributed by atoms with Crippen LogP contribution in [-0.4, -0.2) is 190 Å². The molecule has 2 aliphatic rings. The van der Waals surface area contributed by atoms with Gasteiger partial charge in [0.05, 0.1) is 13.0 Å². The summed E-state index contributed by atoms with van der Waals surface area (Å²) in [5.41, 5.74) is 13.8. The van der Waals surface area contributed by atoms with Crippen molar-refractivity contribution >= 4 is 117 Å². The molecule has 0 aliphatic carbocycles. The van der Waals surface area contributed by atoms with Crippen molar-refractivity contribution in [3.8, 4) is 0 Å². The van der Waals surface area contributed by atoms with Crippen molar-refractivity contribution in [2.45, 2.75) is 172 Å². The minimum atomic E-state index is -1.90. The molecule has 0 unspecified atom stereocenters. The van der Waals surface area contributed by atoms with Gasteiger partial charge in [-0.15, -0.1) is 0 Å². The van der Waals surface area contributed by atoms with E-state index in [0.717, 1.165) is 23.6 Å². The summed E-state index contributed by atoms with van der Waals surface area (Å²) < 4.78 is 0. The molecule has 0 radical (unpaired) electrons. The van der Waals surface area contributed by atoms with Crippen molar-refractivity contribution in [3.05, 3.63) is 173 Å². The van der Waals surface area contributed by atoms with Gasteiger partial charge in [-0.3, -0.25) is 63.0 Å². The molecule has 32 nitrogen and oxygen atoms in total. The molecule has 5 aromatic carbocycles. The summed E-state index contributed by atoms with van der Waals surface area (Å²) in [5, 5.41) is 44.6. The lowest BCUT2D eigenvalue weighted by Gasteiger charge is -2.29. The smallest absolute Gasteiger partial charge is 0.322 e. The number of aromatic nitrogens is 1. The first-order chi connectivity index (χ1) is 53.5. The van der Waals surface area contributed by atoms with Gasteiger partial charge in [-0.25, -0.2) is 14.4 Å². The number of rotatable bonds is 38. The monoisotopic (exact) mass is 1560 g/mol. The van der Waals surface area contributed by atoms with E-state index in [1.807, 2.05) is 70.2 Å². The second-order valence-corrected chi connectivity index (χ2v) is 28.9. The van der Waals surface area contributed by atoms with Gasteiger partial charge >= 0.3 is 18.1 Å². The predicted molar refractivity (Wildman–Crippen MR) is 417 cm³/mol. The van der Waals surface area contributed by atoms with Crippen molar-refractivity contribution < 1.29 is 72.2 Å². The number of hydrogen-bond donors (Lipinski definition) is 15. The number of carbonyl (C=O) groups is 14. The molecule has 17 amide bonds. The molecule has 3 heterocycles. The largest absolute Gasteiger partial charge is 0.394 e. The highest BCUT2D eigenvalue weighted by Gasteiger charge is 2.38. The first-order valence-corrected chi connectivity index (χ1v) is 37.5. The number of benzene rings is 5. The minimum Gasteiger partial charge on any atom is -0.394 e. The topological polar surface area (TPSA) is 475 Å². The molecule has 2 saturated heterocycles. The molecule has 33 heteroatoms. The number of unbranched alkanes of at least 4 members (excludes halogenated alkanes) is 1. The van der Waals surface area contributed by atoms with Gasteiger partial charge in [0.1, 0.15) is 54.4 Å². The number of fused-ring (bicyclic) bond motifs is 1. The van der Waals surface area contributed by atoms with E-state index in [0.29, 0.717) is 65.3 Å². The molecular formula is C79H98ClN17O15. The van der Waals surface area contributed by atoms with Gasteiger partial charge in [-0.2, -0.15) is 0 Å². The zero-order chi connectivity index (χ0) is 81.1. The van der Waals surface area contributed by atoms with Crippen molar-refractivity contribution in [1.29, 1.82) is 0 Å². The summed E-state index contributed by atoms with van der Waals surface area (Å²) in [5.74, 6) is -9.02. The normalized spacial score (nSPS) is 15.4. The molecule has 9 atom stereocenters. The van der Waals surface area contributed by atoms with E-state index in [-0.39, 0.29) is 74.2 Å². The predicted octanol–water partition coefficient (Wildman–Crippen LogP) is 2.95. The second-order valence-electron chi connectivity index (χ2n) is 28.5. The maximum Gasteiger partial charge on any atom is 0.322 e. The average Bonchev–Trinajstić information content (AvgIpc) is 1.42. The number of pyridine rings is 1. The third-order valence-corrected chi connectivity index (χ3v) is 19.1. The van der Waals surface area contributed by atoms with Crippen LogP contribution in [0.2, 0.25) is 5.02 Å². The van der Waals surface area contributed by atoms with Crippen LogP contribution in [0.15, 0.2) is 140 Å². The Balaban J connectivity index is 1.08. The molecule has 8 rings (SSSR count). The number of aliphatic hydroxyl groups is 1. The maximum atomic E-state index is 15.4. The number of carbonyl (C=O) groups excluding carboxylic acids is 14. The first kappa shape index (κ1) is 85.5. The molecule has 0 spiro atoms. The van der Waals surface area contributed by atoms with Crippen LogP contribution in [0.5, 0.6) is 0 Å². The van der Waals surface area contributed by atoms with E-state index in [1.165, 1.54) is 72.7 Å². The number of nitrogens with zero attached hydrogens (tertiary/aromatic N) is 3. The standard InChI is InChI=1S/C79H98ClN17O15/c1-45(2)35-59(69(102)87-58(76(109)96-32-10-11-33-96)16-8-9-34-97(46(3)4)78(82)111)88-71(104)62(38-50-22-29-57(30-23-50)86-77(81)110)90-73(106)63(39-49-20-27-56(28-21-49)85-68(101)65-42-67(100)95-79(112)94-65)92-75(108)66(44-98)93-74(107)64(41-52-13-12-31-83-43-52)91-72(105)61(37-48-18-25-55(80)26-19-48)89-70(103)60(84-47(5)99)40-51-17-24-53-14-6-7-15-54(53)36-51/h6-7,12-15,17-31,36,43,45-46,58-66,98H,8-11,16,32-35,37-42,44H2,1-5H3,(H2,82,111)(H,84,99)(H,85,101)(H,87,102)(H,88,104)(H,89,103)(H,90,106)(H,91,105)(H,92,108)(H,93,107)(H3,81,86,110)(H2,94,95,100,112)/t58-,59-,60+,61+,62+,63-,64+,65-,66-/m0/s1. The zero-order valence-electron chi connectivity index (χ0n) is 63.0. The quantitative estimate of drug-likeness (QED) is 0.0248. The highest BCUT2D eigenvalue weighted by molar-refractivity contribution is 6.30. The Labute approximate surface area is 652 Å². The number of aliphatic hydroxyl groups excluding tert-OH is 1. The van der Waals surface area contributed by atoms with Crippen LogP contribution in [-0.2, 0) is 84.8 Å². The van der Waals surface area contributed by atoms with E-state index < -0.39 is 145 Å². The van der Waals surface area contributed by atoms with Crippen molar-refractivity contribution in [1.82, 2.24) is 68.0 Å². The molecule has 2 aliphatic heterocycles. The Morgan fingerprint density at radius 2 is 1.01 bits per heavy atom. The molecule has 596 valence electrons. The highest BCUT2D eigenvalue weighted by atomic mass is 35.5. The van der Waals surface area contributed by atoms with Gasteiger partial charge in [0.25, 0.3) is 0 Å². The van der Waals surface area contributed by atoms with Crippen molar-refractivity contribution in [2.75, 3.05) is 36.9 Å². The van der Waals surface area contributed by atoms with Gasteiger partial charge in [0, 0.05) is 93.5 Å². The van der Waals surface area contributed by atoms with Gasteiger partial charge in [-0.05, 0) is 139 Å². The van der Waals surface area contributed by atoms with Gasteiger partial charge in [-0.1, -0.05) is 110 Å². The van der Waals surface area contributed by atoms with Crippen LogP contribution in [0.4, 0.5) is 25.8 Å². The fraction of sp³-hybridized carbons (Fsp3) is 0.405. The molecule has 1 aromatic heterocycles. The molecule has 2 fully saturated rings. The third kappa shape index (κ3) is 26.6. The van der Waals surface area contributed by atoms with Gasteiger partial charge < -0.3 is 84.9 Å². The molecular weight excluding hydrogens is 1460 g/mol. The molecule has 0 bridgehead atoms. The number of likely N-dealkylation sites (tertiary alicyclic amines) is 1. The number of primary amides is 2. The third-order valence-electron chi connectivity index (χ3n) is 18.8. The lowest BCUT2D eigenvalue weighted by atomic mass is 9.99. The van der Waals surface area contributed by atoms with E-state index >= 15 is 9.59 Å². The average molecular weight is 1560 g/mol. The van der Waals surface area contributed by atoms with Crippen LogP contribution in [0.3, 0.4) is 0 Å². The van der Waals surface area contributed by atoms with Gasteiger partial charge in [0.2, 0.25) is 65.0 Å². The highest BCUT2D eigenvalue weighted by Crippen LogP contribution is 2.22. The Morgan fingerprint density at radius 3 is 1.50 bits per heavy atom. The number of imide groups is 1. The lowest BCUT2D eigenvalue weighted by molar-refractivity contribution is -0.137. The summed E-state index contributed by atoms with van der Waals surface area (Å²) in [7, 11) is 0. The van der Waals surface area contributed by atoms with Gasteiger partial charge in [0.15, 0.2) is 0 Å². The number of urea groups is 3. The number of nitrogens with one attached hydrogen (secondary N) is 12. The molecule has 17 N–H and O–H groups in total. The number of hydrogen-bond acceptors (Lipinski definition) is 16. The Bertz CT molecular complexity index is 4320. The fourth-order valence-corrected chi connectivity index (χ4v) is 13.2. The summed E-state index contributed by atoms with van der Waals surface area (Å²) in [6.07, 6.45) is 3.97. The SMILES string of the molecule is CC(=O)N[C@H](Cc1ccc2ccccc2c1)C(=O)N[C@H](Cc1ccc(Cl)cc1)C(=O)N[C@H](Cc1cccnc1)C(=O)N[C@@H](CO)C(=O)N[C@@H](Cc1ccc(NC(=O)[C@@H]2CC(=O)NC(=O)N2)cc1)C(=O)N[C@H](Cc1ccc(NC(N)=O)cc1)C(=O)N[C@@H](CC(C)C)C(=O)N[C@@H](CCCCN(C(N)=O)C(C)C)C(=O)N1CCCC1. The lowest BCUT2D eigenvalue weighted by Crippen LogP contribution is -2.61. The van der Waals surface area contributed by atoms with Crippen LogP contribution in [0.1, 0.15) is 107 Å². The summed E-state index contributed by atoms with van der Waals surface area (Å²) >= 11 is 6.26. The Hall–Kier alpha value is -12.1. The van der Waals surface area contributed by atoms with Crippen LogP contribution < -0.4 is 75.3 Å². The number of amides is 17. The Kier molecular flexibility index (Phi) is 31.8. The van der Waals surface area contributed by atoms with Crippen LogP contribution >= 0.6 is 11.6 Å². The molecule has 0 saturated carbocycles. The van der Waals surface area contributed by atoms with E-state index in [9.17, 15) is 62.6 Å². The van der Waals surface area contributed by atoms with Crippen LogP contribution in [0.25, 0.3) is 10.8 Å². The van der Waals surface area contributed by atoms with Crippen molar-refractivity contribution in [2.24, 2.45) is 17.4 Å². The maximum absolute atomic E-state index is 15.4. The number of anilines is 2. The summed E-state index contributed by atoms with van der Waals surface area (Å²) in [6, 6.07) is 19.1. The first-order valence-electron chi connectivity index (χ1n) is 37.1. The van der Waals surface area contributed by atoms with Crippen molar-refractivity contribution in [3.63, 3.8) is 0 Å². The summed E-state index contributed by atoms with van der Waals surface area (Å²) in [6.45, 7) is 8.62. The molecule has 6 aromatic rings. The number of nitrogens with two attached hydrogens (primary N) is 2. The van der Waals surface area contributed by atoms with Crippen LogP contribution in [0, 0.1) is 5.92 Å². The zero-order valence-corrected chi connectivity index (χ0v) is 63.7. The van der Waals surface area contributed by atoms with E-state index in [2.05, 4.69) is 68.8 Å². The molecule has 112 heavy (non-hydrogen) atoms. The van der Waals surface area contributed by atoms with E-state index in [1.54, 1.807) is 41.3 Å².